The fraction of sp³-hybridized carbons (Fsp3) is 0.0952. The third kappa shape index (κ3) is 3.32. The van der Waals surface area contributed by atoms with Crippen molar-refractivity contribution in [2.45, 2.75) is 6.92 Å². The molecular formula is C21H19NO. The molecule has 0 atom stereocenters. The summed E-state index contributed by atoms with van der Waals surface area (Å²) in [5.41, 5.74) is 4.21. The zero-order chi connectivity index (χ0) is 16.1. The maximum absolute atomic E-state index is 12.1. The minimum absolute atomic E-state index is 0.0192. The summed E-state index contributed by atoms with van der Waals surface area (Å²) in [4.78, 5) is 14.3. The van der Waals surface area contributed by atoms with Gasteiger partial charge in [-0.15, -0.1) is 0 Å². The summed E-state index contributed by atoms with van der Waals surface area (Å²) >= 11 is 0. The summed E-state index contributed by atoms with van der Waals surface area (Å²) in [5.74, 6) is 0.0192. The lowest BCUT2D eigenvalue weighted by Crippen LogP contribution is -2.23. The number of likely N-dealkylation sites (N-methyl/N-ethyl adjacent to an activating group) is 1. The Morgan fingerprint density at radius 3 is 2.52 bits per heavy atom. The lowest BCUT2D eigenvalue weighted by Gasteiger charge is -2.29. The van der Waals surface area contributed by atoms with Gasteiger partial charge in [0.25, 0.3) is 0 Å². The van der Waals surface area contributed by atoms with Crippen molar-refractivity contribution in [1.82, 2.24) is 0 Å². The Balaban J connectivity index is 1.81. The molecule has 0 radical (unpaired) electrons. The highest BCUT2D eigenvalue weighted by atomic mass is 16.1. The normalized spacial score (nSPS) is 15.2. The number of fused-ring (bicyclic) bond motifs is 1. The fourth-order valence-corrected chi connectivity index (χ4v) is 2.71. The molecule has 0 fully saturated rings. The Kier molecular flexibility index (Phi) is 4.53. The molecule has 23 heavy (non-hydrogen) atoms. The van der Waals surface area contributed by atoms with Gasteiger partial charge in [0.1, 0.15) is 0 Å². The highest BCUT2D eigenvalue weighted by Crippen LogP contribution is 2.30. The molecule has 0 aromatic heterocycles. The largest absolute Gasteiger partial charge is 0.341 e. The predicted octanol–water partition coefficient (Wildman–Crippen LogP) is 4.86. The molecule has 3 rings (SSSR count). The van der Waals surface area contributed by atoms with E-state index in [4.69, 9.17) is 0 Å². The van der Waals surface area contributed by atoms with Gasteiger partial charge in [-0.3, -0.25) is 4.79 Å². The molecular weight excluding hydrogens is 282 g/mol. The number of allylic oxidation sites excluding steroid dienone is 4. The van der Waals surface area contributed by atoms with Gasteiger partial charge in [0.2, 0.25) is 0 Å². The fourth-order valence-electron chi connectivity index (χ4n) is 2.71. The van der Waals surface area contributed by atoms with Crippen LogP contribution in [-0.2, 0) is 0 Å². The molecule has 0 N–H and O–H groups in total. The minimum atomic E-state index is 0.0192. The van der Waals surface area contributed by atoms with E-state index in [0.29, 0.717) is 5.56 Å². The van der Waals surface area contributed by atoms with Crippen LogP contribution in [0.25, 0.3) is 6.08 Å². The van der Waals surface area contributed by atoms with E-state index in [1.165, 1.54) is 11.3 Å². The summed E-state index contributed by atoms with van der Waals surface area (Å²) in [6.45, 7) is 3.01. The molecule has 1 aliphatic rings. The van der Waals surface area contributed by atoms with Gasteiger partial charge < -0.3 is 4.90 Å². The first-order valence-electron chi connectivity index (χ1n) is 7.82. The van der Waals surface area contributed by atoms with E-state index < -0.39 is 0 Å². The molecule has 2 heteroatoms. The van der Waals surface area contributed by atoms with Crippen molar-refractivity contribution in [1.29, 1.82) is 0 Å². The number of carbonyl (C=O) groups excluding carboxylic acids is 1. The molecule has 1 aliphatic heterocycles. The summed E-state index contributed by atoms with van der Waals surface area (Å²) in [6.07, 6.45) is 9.62. The molecule has 1 heterocycles. The molecule has 0 amide bonds. The second kappa shape index (κ2) is 6.93. The number of carbonyl (C=O) groups is 1. The standard InChI is InChI=1S/C21H19NO/c1-2-22-19(16-15-17-9-6-7-13-20(17)22)12-8-14-21(23)18-10-4-3-5-11-18/h3-16H,2H2,1H3. The predicted molar refractivity (Wildman–Crippen MR) is 96.5 cm³/mol. The molecule has 0 unspecified atom stereocenters. The first-order chi connectivity index (χ1) is 11.3. The number of ketones is 1. The second-order valence-electron chi connectivity index (χ2n) is 5.32. The SMILES string of the molecule is CCN1C(=CC=CC(=O)c2ccccc2)C=Cc2ccccc21. The Morgan fingerprint density at radius 1 is 1.00 bits per heavy atom. The monoisotopic (exact) mass is 301 g/mol. The summed E-state index contributed by atoms with van der Waals surface area (Å²) in [7, 11) is 0. The zero-order valence-corrected chi connectivity index (χ0v) is 13.1. The molecule has 2 aromatic carbocycles. The van der Waals surface area contributed by atoms with E-state index in [9.17, 15) is 4.79 Å². The van der Waals surface area contributed by atoms with E-state index >= 15 is 0 Å². The maximum Gasteiger partial charge on any atom is 0.185 e. The maximum atomic E-state index is 12.1. The van der Waals surface area contributed by atoms with Crippen molar-refractivity contribution in [2.24, 2.45) is 0 Å². The molecule has 114 valence electrons. The van der Waals surface area contributed by atoms with Crippen LogP contribution in [0.2, 0.25) is 0 Å². The van der Waals surface area contributed by atoms with Crippen LogP contribution in [0.3, 0.4) is 0 Å². The molecule has 0 saturated carbocycles. The van der Waals surface area contributed by atoms with Crippen LogP contribution in [0.5, 0.6) is 0 Å². The van der Waals surface area contributed by atoms with Crippen molar-refractivity contribution in [3.63, 3.8) is 0 Å². The first-order valence-corrected chi connectivity index (χ1v) is 7.82. The van der Waals surface area contributed by atoms with Crippen molar-refractivity contribution < 1.29 is 4.79 Å². The summed E-state index contributed by atoms with van der Waals surface area (Å²) < 4.78 is 0. The Hall–Kier alpha value is -2.87. The molecule has 0 bridgehead atoms. The van der Waals surface area contributed by atoms with Gasteiger partial charge in [-0.25, -0.2) is 0 Å². The van der Waals surface area contributed by atoms with Crippen LogP contribution in [-0.4, -0.2) is 12.3 Å². The van der Waals surface area contributed by atoms with Gasteiger partial charge in [0.15, 0.2) is 5.78 Å². The number of hydrogen-bond acceptors (Lipinski definition) is 2. The quantitative estimate of drug-likeness (QED) is 0.593. The zero-order valence-electron chi connectivity index (χ0n) is 13.1. The van der Waals surface area contributed by atoms with Crippen LogP contribution in [0.1, 0.15) is 22.8 Å². The van der Waals surface area contributed by atoms with E-state index in [0.717, 1.165) is 12.2 Å². The van der Waals surface area contributed by atoms with Crippen molar-refractivity contribution in [2.75, 3.05) is 11.4 Å². The molecule has 0 aliphatic carbocycles. The second-order valence-corrected chi connectivity index (χ2v) is 5.32. The van der Waals surface area contributed by atoms with Crippen molar-refractivity contribution >= 4 is 17.5 Å². The van der Waals surface area contributed by atoms with Crippen LogP contribution in [0.4, 0.5) is 5.69 Å². The van der Waals surface area contributed by atoms with E-state index in [2.05, 4.69) is 36.1 Å². The average Bonchev–Trinajstić information content (AvgIpc) is 2.62. The lowest BCUT2D eigenvalue weighted by molar-refractivity contribution is 0.104. The van der Waals surface area contributed by atoms with Gasteiger partial charge in [-0.1, -0.05) is 60.7 Å². The highest BCUT2D eigenvalue weighted by Gasteiger charge is 2.14. The molecule has 2 aromatic rings. The number of nitrogens with zero attached hydrogens (tertiary/aromatic N) is 1. The number of para-hydroxylation sites is 1. The molecule has 0 saturated heterocycles. The van der Waals surface area contributed by atoms with E-state index in [1.54, 1.807) is 6.08 Å². The first kappa shape index (κ1) is 15.0. The topological polar surface area (TPSA) is 20.3 Å². The summed E-state index contributed by atoms with van der Waals surface area (Å²) in [6, 6.07) is 17.6. The van der Waals surface area contributed by atoms with Crippen molar-refractivity contribution in [3.05, 3.63) is 95.7 Å². The number of rotatable bonds is 4. The van der Waals surface area contributed by atoms with Crippen molar-refractivity contribution in [3.8, 4) is 0 Å². The van der Waals surface area contributed by atoms with Gasteiger partial charge in [0, 0.05) is 23.5 Å². The third-order valence-corrected chi connectivity index (χ3v) is 3.86. The minimum Gasteiger partial charge on any atom is -0.341 e. The van der Waals surface area contributed by atoms with Gasteiger partial charge in [-0.05, 0) is 36.8 Å². The van der Waals surface area contributed by atoms with Gasteiger partial charge >= 0.3 is 0 Å². The average molecular weight is 301 g/mol. The van der Waals surface area contributed by atoms with Gasteiger partial charge in [0.05, 0.1) is 0 Å². The lowest BCUT2D eigenvalue weighted by atomic mass is 10.1. The number of benzene rings is 2. The third-order valence-electron chi connectivity index (χ3n) is 3.86. The molecule has 2 nitrogen and oxygen atoms in total. The van der Waals surface area contributed by atoms with Crippen LogP contribution >= 0.6 is 0 Å². The Labute approximate surface area is 137 Å². The van der Waals surface area contributed by atoms with Crippen LogP contribution in [0.15, 0.2) is 84.6 Å². The van der Waals surface area contributed by atoms with E-state index in [1.807, 2.05) is 54.6 Å². The van der Waals surface area contributed by atoms with Gasteiger partial charge in [-0.2, -0.15) is 0 Å². The van der Waals surface area contributed by atoms with E-state index in [-0.39, 0.29) is 5.78 Å². The Bertz CT molecular complexity index is 784. The smallest absolute Gasteiger partial charge is 0.185 e. The number of anilines is 1. The number of hydrogen-bond donors (Lipinski definition) is 0. The summed E-state index contributed by atoms with van der Waals surface area (Å²) in [5, 5.41) is 0. The Morgan fingerprint density at radius 2 is 1.74 bits per heavy atom. The highest BCUT2D eigenvalue weighted by molar-refractivity contribution is 6.04. The molecule has 0 spiro atoms. The van der Waals surface area contributed by atoms with Crippen LogP contribution < -0.4 is 4.90 Å². The van der Waals surface area contributed by atoms with Crippen LogP contribution in [0, 0.1) is 0 Å².